The van der Waals surface area contributed by atoms with Crippen LogP contribution in [0.15, 0.2) is 27.4 Å². The van der Waals surface area contributed by atoms with Gasteiger partial charge in [-0.05, 0) is 6.07 Å². The third-order valence-corrected chi connectivity index (χ3v) is 5.21. The predicted molar refractivity (Wildman–Crippen MR) is 97.2 cm³/mol. The molecule has 1 aliphatic rings. The quantitative estimate of drug-likeness (QED) is 0.190. The zero-order chi connectivity index (χ0) is 21.9. The second-order valence-corrected chi connectivity index (χ2v) is 7.03. The van der Waals surface area contributed by atoms with Crippen molar-refractivity contribution in [1.82, 2.24) is 0 Å². The summed E-state index contributed by atoms with van der Waals surface area (Å²) in [5.74, 6) is -2.97. The SMILES string of the molecule is O=c1c2cc(O)c(O)cc2oc2cc(O)c([C@@H]3O[C@H](CO)[C@@H](O)[C@H](O)[C@H]3O)c([O-])c12. The lowest BCUT2D eigenvalue weighted by molar-refractivity contribution is -0.274. The van der Waals surface area contributed by atoms with Crippen LogP contribution in [0.25, 0.3) is 21.9 Å². The summed E-state index contributed by atoms with van der Waals surface area (Å²) < 4.78 is 10.7. The van der Waals surface area contributed by atoms with Crippen LogP contribution in [0.3, 0.4) is 0 Å². The molecule has 7 N–H and O–H groups in total. The maximum absolute atomic E-state index is 13.1. The molecule has 0 aliphatic carbocycles. The summed E-state index contributed by atoms with van der Waals surface area (Å²) in [6.07, 6.45) is -8.34. The van der Waals surface area contributed by atoms with Gasteiger partial charge in [-0.15, -0.1) is 0 Å². The minimum Gasteiger partial charge on any atom is -0.872 e. The average molecular weight is 421 g/mol. The average Bonchev–Trinajstić information content (AvgIpc) is 2.69. The van der Waals surface area contributed by atoms with E-state index in [-0.39, 0.29) is 16.6 Å². The molecule has 0 spiro atoms. The summed E-state index contributed by atoms with van der Waals surface area (Å²) in [4.78, 5) is 12.9. The predicted octanol–water partition coefficient (Wildman–Crippen LogP) is -1.35. The first kappa shape index (κ1) is 20.2. The van der Waals surface area contributed by atoms with Crippen LogP contribution in [0.5, 0.6) is 23.0 Å². The second kappa shape index (κ2) is 7.00. The standard InChI is InChI=1S/C19H18O11/c20-4-11-15(25)17(27)18(28)19(30-11)12-8(23)3-10-13(16(12)26)14(24)5-1-6(21)7(22)2-9(5)29-10/h1-3,11,15,17-23,25-28H,4H2/p-1/t11-,15-,17+,18-,19+/m1/s1. The molecule has 2 aromatic carbocycles. The van der Waals surface area contributed by atoms with Gasteiger partial charge in [-0.25, -0.2) is 0 Å². The number of hydrogen-bond donors (Lipinski definition) is 7. The second-order valence-electron chi connectivity index (χ2n) is 7.03. The van der Waals surface area contributed by atoms with E-state index in [1.54, 1.807) is 0 Å². The number of aromatic hydroxyl groups is 3. The van der Waals surface area contributed by atoms with Crippen LogP contribution in [0.4, 0.5) is 0 Å². The minimum atomic E-state index is -1.85. The molecule has 0 unspecified atom stereocenters. The molecule has 11 nitrogen and oxygen atoms in total. The summed E-state index contributed by atoms with van der Waals surface area (Å²) in [5, 5.41) is 81.4. The van der Waals surface area contributed by atoms with E-state index in [9.17, 15) is 45.6 Å². The highest BCUT2D eigenvalue weighted by Crippen LogP contribution is 2.43. The zero-order valence-corrected chi connectivity index (χ0v) is 15.1. The molecule has 1 saturated heterocycles. The summed E-state index contributed by atoms with van der Waals surface area (Å²) in [7, 11) is 0. The third-order valence-electron chi connectivity index (χ3n) is 5.21. The van der Waals surface area contributed by atoms with Crippen molar-refractivity contribution in [3.05, 3.63) is 34.0 Å². The van der Waals surface area contributed by atoms with Crippen LogP contribution < -0.4 is 10.5 Å². The molecule has 2 heterocycles. The lowest BCUT2D eigenvalue weighted by Gasteiger charge is -2.41. The summed E-state index contributed by atoms with van der Waals surface area (Å²) in [6.45, 7) is -0.750. The first-order valence-electron chi connectivity index (χ1n) is 8.81. The van der Waals surface area contributed by atoms with Crippen LogP contribution in [0.2, 0.25) is 0 Å². The molecular weight excluding hydrogens is 404 g/mol. The number of aliphatic hydroxyl groups is 4. The fraction of sp³-hybridized carbons (Fsp3) is 0.316. The number of phenols is 3. The van der Waals surface area contributed by atoms with Crippen LogP contribution in [0.1, 0.15) is 11.7 Å². The fourth-order valence-corrected chi connectivity index (χ4v) is 3.62. The highest BCUT2D eigenvalue weighted by molar-refractivity contribution is 5.95. The van der Waals surface area contributed by atoms with E-state index in [1.807, 2.05) is 0 Å². The largest absolute Gasteiger partial charge is 0.872 e. The van der Waals surface area contributed by atoms with Crippen molar-refractivity contribution in [1.29, 1.82) is 0 Å². The molecule has 0 radical (unpaired) electrons. The number of fused-ring (bicyclic) bond motifs is 2. The Morgan fingerprint density at radius 3 is 2.20 bits per heavy atom. The van der Waals surface area contributed by atoms with Crippen LogP contribution >= 0.6 is 0 Å². The van der Waals surface area contributed by atoms with E-state index >= 15 is 0 Å². The molecule has 5 atom stereocenters. The molecule has 4 rings (SSSR count). The fourth-order valence-electron chi connectivity index (χ4n) is 3.62. The molecule has 1 fully saturated rings. The number of benzene rings is 2. The number of hydrogen-bond acceptors (Lipinski definition) is 11. The van der Waals surface area contributed by atoms with Gasteiger partial charge in [-0.3, -0.25) is 4.79 Å². The summed E-state index contributed by atoms with van der Waals surface area (Å²) in [5.41, 5.74) is -1.93. The topological polar surface area (TPSA) is 204 Å². The molecule has 0 saturated carbocycles. The number of ether oxygens (including phenoxy) is 1. The Labute approximate surface area is 166 Å². The monoisotopic (exact) mass is 421 g/mol. The summed E-state index contributed by atoms with van der Waals surface area (Å²) >= 11 is 0. The van der Waals surface area contributed by atoms with E-state index in [1.165, 1.54) is 0 Å². The van der Waals surface area contributed by atoms with E-state index in [0.717, 1.165) is 18.2 Å². The third kappa shape index (κ3) is 2.83. The molecule has 3 aromatic rings. The molecule has 1 aromatic heterocycles. The van der Waals surface area contributed by atoms with Crippen LogP contribution in [0, 0.1) is 0 Å². The Kier molecular flexibility index (Phi) is 4.71. The van der Waals surface area contributed by atoms with Gasteiger partial charge in [0.05, 0.1) is 17.4 Å². The van der Waals surface area contributed by atoms with E-state index < -0.39 is 76.5 Å². The van der Waals surface area contributed by atoms with Gasteiger partial charge in [-0.2, -0.15) is 0 Å². The van der Waals surface area contributed by atoms with Crippen molar-refractivity contribution < 1.29 is 50.0 Å². The van der Waals surface area contributed by atoms with Crippen molar-refractivity contribution in [3.63, 3.8) is 0 Å². The lowest BCUT2D eigenvalue weighted by atomic mass is 9.89. The normalized spacial score (nSPS) is 27.0. The molecule has 0 bridgehead atoms. The van der Waals surface area contributed by atoms with Gasteiger partial charge in [0.2, 0.25) is 0 Å². The van der Waals surface area contributed by atoms with Crippen molar-refractivity contribution in [2.75, 3.05) is 6.61 Å². The Morgan fingerprint density at radius 2 is 1.53 bits per heavy atom. The van der Waals surface area contributed by atoms with Crippen molar-refractivity contribution in [3.8, 4) is 23.0 Å². The van der Waals surface area contributed by atoms with E-state index in [0.29, 0.717) is 0 Å². The highest BCUT2D eigenvalue weighted by Gasteiger charge is 2.45. The van der Waals surface area contributed by atoms with Gasteiger partial charge in [-0.1, -0.05) is 5.75 Å². The smallest absolute Gasteiger partial charge is 0.200 e. The number of phenolic OH excluding ortho intramolecular Hbond substituents is 3. The maximum atomic E-state index is 13.1. The minimum absolute atomic E-state index is 0.151. The maximum Gasteiger partial charge on any atom is 0.200 e. The summed E-state index contributed by atoms with van der Waals surface area (Å²) in [6, 6.07) is 2.81. The highest BCUT2D eigenvalue weighted by atomic mass is 16.5. The lowest BCUT2D eigenvalue weighted by Crippen LogP contribution is -2.55. The Balaban J connectivity index is 1.98. The van der Waals surface area contributed by atoms with Gasteiger partial charge in [0.15, 0.2) is 16.9 Å². The number of aliphatic hydroxyl groups excluding tert-OH is 4. The molecule has 160 valence electrons. The molecule has 0 amide bonds. The van der Waals surface area contributed by atoms with E-state index in [4.69, 9.17) is 9.15 Å². The molecule has 11 heteroatoms. The Bertz CT molecular complexity index is 1200. The van der Waals surface area contributed by atoms with Crippen molar-refractivity contribution >= 4 is 21.9 Å². The molecule has 1 aliphatic heterocycles. The molecule has 30 heavy (non-hydrogen) atoms. The first-order valence-corrected chi connectivity index (χ1v) is 8.81. The number of rotatable bonds is 2. The van der Waals surface area contributed by atoms with Gasteiger partial charge in [0.1, 0.15) is 47.4 Å². The Hall–Kier alpha value is -3.09. The van der Waals surface area contributed by atoms with Gasteiger partial charge in [0.25, 0.3) is 0 Å². The molecular formula is C19H17O11-. The van der Waals surface area contributed by atoms with Crippen molar-refractivity contribution in [2.45, 2.75) is 30.5 Å². The van der Waals surface area contributed by atoms with Crippen LogP contribution in [-0.4, -0.2) is 66.8 Å². The van der Waals surface area contributed by atoms with E-state index in [2.05, 4.69) is 0 Å². The van der Waals surface area contributed by atoms with Gasteiger partial charge >= 0.3 is 0 Å². The Morgan fingerprint density at radius 1 is 0.900 bits per heavy atom. The van der Waals surface area contributed by atoms with Gasteiger partial charge in [0, 0.05) is 17.7 Å². The van der Waals surface area contributed by atoms with Crippen molar-refractivity contribution in [2.24, 2.45) is 0 Å². The first-order chi connectivity index (χ1) is 14.1. The zero-order valence-electron chi connectivity index (χ0n) is 15.1. The van der Waals surface area contributed by atoms with Crippen LogP contribution in [-0.2, 0) is 4.74 Å². The van der Waals surface area contributed by atoms with Gasteiger partial charge < -0.3 is 50.0 Å².